The molecule has 1 heterocycles. The molecule has 0 saturated carbocycles. The Bertz CT molecular complexity index is 920. The van der Waals surface area contributed by atoms with Crippen molar-refractivity contribution in [3.63, 3.8) is 0 Å². The van der Waals surface area contributed by atoms with E-state index in [-0.39, 0.29) is 22.6 Å². The summed E-state index contributed by atoms with van der Waals surface area (Å²) in [6.07, 6.45) is 0. The van der Waals surface area contributed by atoms with Crippen molar-refractivity contribution in [3.05, 3.63) is 47.0 Å². The van der Waals surface area contributed by atoms with Crippen molar-refractivity contribution in [2.75, 3.05) is 11.1 Å². The summed E-state index contributed by atoms with van der Waals surface area (Å²) in [5.74, 6) is -1.97. The van der Waals surface area contributed by atoms with Crippen LogP contribution < -0.4 is 16.0 Å². The van der Waals surface area contributed by atoms with E-state index in [1.807, 2.05) is 12.1 Å². The zero-order chi connectivity index (χ0) is 18.6. The van der Waals surface area contributed by atoms with E-state index in [1.165, 1.54) is 13.0 Å². The molecule has 0 aliphatic rings. The van der Waals surface area contributed by atoms with Crippen LogP contribution in [0.25, 0.3) is 0 Å². The maximum absolute atomic E-state index is 13.6. The number of hydrogen-bond donors (Lipinski definition) is 2. The molecule has 0 saturated heterocycles. The highest BCUT2D eigenvalue weighted by molar-refractivity contribution is 8.00. The van der Waals surface area contributed by atoms with Gasteiger partial charge in [-0.05, 0) is 25.1 Å². The first kappa shape index (κ1) is 18.2. The molecule has 25 heavy (non-hydrogen) atoms. The number of halogens is 2. The second-order valence-corrected chi connectivity index (χ2v) is 6.29. The number of rotatable bonds is 4. The van der Waals surface area contributed by atoms with Crippen molar-refractivity contribution in [3.8, 4) is 12.1 Å². The summed E-state index contributed by atoms with van der Waals surface area (Å²) in [5, 5.41) is 19.9. The number of nitrogen functional groups attached to an aromatic ring is 1. The molecular weight excluding hydrogens is 348 g/mol. The van der Waals surface area contributed by atoms with E-state index in [9.17, 15) is 13.6 Å². The van der Waals surface area contributed by atoms with E-state index >= 15 is 0 Å². The van der Waals surface area contributed by atoms with Gasteiger partial charge in [0.1, 0.15) is 34.9 Å². The van der Waals surface area contributed by atoms with Crippen LogP contribution in [0.5, 0.6) is 0 Å². The normalized spacial score (nSPS) is 11.2. The number of pyridine rings is 1. The van der Waals surface area contributed by atoms with Crippen LogP contribution in [-0.2, 0) is 4.79 Å². The molecule has 1 aromatic carbocycles. The summed E-state index contributed by atoms with van der Waals surface area (Å²) in [4.78, 5) is 14.9. The van der Waals surface area contributed by atoms with Crippen molar-refractivity contribution in [1.29, 1.82) is 10.5 Å². The highest BCUT2D eigenvalue weighted by Crippen LogP contribution is 2.26. The number of aromatic nitrogens is 1. The van der Waals surface area contributed by atoms with Crippen LogP contribution in [0.2, 0.25) is 0 Å². The van der Waals surface area contributed by atoms with Crippen LogP contribution in [0.4, 0.5) is 20.3 Å². The van der Waals surface area contributed by atoms with Crippen LogP contribution in [0.1, 0.15) is 18.1 Å². The maximum atomic E-state index is 13.6. The highest BCUT2D eigenvalue weighted by atomic mass is 32.2. The minimum absolute atomic E-state index is 0.0628. The van der Waals surface area contributed by atoms with E-state index < -0.39 is 22.8 Å². The molecule has 1 amide bonds. The van der Waals surface area contributed by atoms with Gasteiger partial charge in [-0.3, -0.25) is 10.5 Å². The number of nitrogens with one attached hydrogen (secondary N) is 2. The number of carbonyl (C=O) groups excluding carboxylic acids is 1. The molecular formula is C16H12F2N5OS+. The van der Waals surface area contributed by atoms with Crippen molar-refractivity contribution in [2.24, 2.45) is 0 Å². The van der Waals surface area contributed by atoms with Gasteiger partial charge in [-0.25, -0.2) is 13.8 Å². The lowest BCUT2D eigenvalue weighted by molar-refractivity contribution is -0.410. The van der Waals surface area contributed by atoms with Gasteiger partial charge in [-0.15, -0.1) is 0 Å². The molecule has 126 valence electrons. The van der Waals surface area contributed by atoms with Crippen molar-refractivity contribution < 1.29 is 18.6 Å². The quantitative estimate of drug-likeness (QED) is 0.811. The Morgan fingerprint density at radius 3 is 2.60 bits per heavy atom. The topological polar surface area (TPSA) is 117 Å². The number of nitriles is 2. The Hall–Kier alpha value is -3.17. The molecule has 2 rings (SSSR count). The number of benzene rings is 1. The zero-order valence-corrected chi connectivity index (χ0v) is 13.7. The monoisotopic (exact) mass is 360 g/mol. The number of H-pyrrole nitrogens is 1. The smallest absolute Gasteiger partial charge is 0.289 e. The maximum Gasteiger partial charge on any atom is 0.289 e. The summed E-state index contributed by atoms with van der Waals surface area (Å²) < 4.78 is 26.7. The third kappa shape index (κ3) is 4.22. The summed E-state index contributed by atoms with van der Waals surface area (Å²) in [5.41, 5.74) is 5.65. The predicted molar refractivity (Wildman–Crippen MR) is 87.1 cm³/mol. The van der Waals surface area contributed by atoms with Crippen LogP contribution >= 0.6 is 11.8 Å². The highest BCUT2D eigenvalue weighted by Gasteiger charge is 2.22. The fraction of sp³-hybridized carbons (Fsp3) is 0.125. The van der Waals surface area contributed by atoms with Gasteiger partial charge in [0.05, 0.1) is 10.9 Å². The second kappa shape index (κ2) is 7.60. The summed E-state index contributed by atoms with van der Waals surface area (Å²) >= 11 is 0.970. The molecule has 0 radical (unpaired) electrons. The van der Waals surface area contributed by atoms with Gasteiger partial charge in [-0.2, -0.15) is 10.5 Å². The van der Waals surface area contributed by atoms with Crippen LogP contribution in [0.15, 0.2) is 29.3 Å². The SMILES string of the molecule is C[C@@H](Sc1[nH+]c(N)c(C#N)cc1C#N)C(=O)Nc1cc(F)ccc1F. The number of aromatic amines is 1. The number of carbonyl (C=O) groups is 1. The van der Waals surface area contributed by atoms with Crippen LogP contribution in [0, 0.1) is 34.3 Å². The number of nitrogens with two attached hydrogens (primary N) is 1. The third-order valence-corrected chi connectivity index (χ3v) is 4.29. The van der Waals surface area contributed by atoms with Gasteiger partial charge >= 0.3 is 0 Å². The molecule has 2 aromatic rings. The summed E-state index contributed by atoms with van der Waals surface area (Å²) in [7, 11) is 0. The van der Waals surface area contributed by atoms with E-state index in [0.29, 0.717) is 5.03 Å². The molecule has 0 aliphatic carbocycles. The molecule has 1 atom stereocenters. The average Bonchev–Trinajstić information content (AvgIpc) is 2.58. The zero-order valence-electron chi connectivity index (χ0n) is 12.9. The van der Waals surface area contributed by atoms with Gasteiger partial charge in [0.25, 0.3) is 5.82 Å². The lowest BCUT2D eigenvalue weighted by atomic mass is 10.2. The molecule has 6 nitrogen and oxygen atoms in total. The number of amides is 1. The Morgan fingerprint density at radius 2 is 1.96 bits per heavy atom. The fourth-order valence-corrected chi connectivity index (χ4v) is 2.79. The molecule has 0 fully saturated rings. The van der Waals surface area contributed by atoms with Crippen LogP contribution in [-0.4, -0.2) is 11.2 Å². The summed E-state index contributed by atoms with van der Waals surface area (Å²) in [6.45, 7) is 1.53. The van der Waals surface area contributed by atoms with E-state index in [1.54, 1.807) is 0 Å². The van der Waals surface area contributed by atoms with E-state index in [0.717, 1.165) is 30.0 Å². The van der Waals surface area contributed by atoms with Crippen molar-refractivity contribution in [1.82, 2.24) is 0 Å². The van der Waals surface area contributed by atoms with E-state index in [2.05, 4.69) is 10.3 Å². The second-order valence-electron chi connectivity index (χ2n) is 4.94. The van der Waals surface area contributed by atoms with E-state index in [4.69, 9.17) is 16.3 Å². The first-order valence-corrected chi connectivity index (χ1v) is 7.82. The largest absolute Gasteiger partial charge is 0.323 e. The van der Waals surface area contributed by atoms with Gasteiger partial charge < -0.3 is 5.32 Å². The minimum atomic E-state index is -0.765. The molecule has 0 unspecified atom stereocenters. The van der Waals surface area contributed by atoms with Gasteiger partial charge in [-0.1, -0.05) is 11.8 Å². The molecule has 0 spiro atoms. The lowest BCUT2D eigenvalue weighted by Gasteiger charge is -2.12. The Balaban J connectivity index is 2.19. The number of anilines is 2. The number of nitrogens with zero attached hydrogens (tertiary/aromatic N) is 2. The lowest BCUT2D eigenvalue weighted by Crippen LogP contribution is -2.25. The first-order chi connectivity index (χ1) is 11.8. The minimum Gasteiger partial charge on any atom is -0.323 e. The van der Waals surface area contributed by atoms with Gasteiger partial charge in [0.15, 0.2) is 5.03 Å². The molecule has 4 N–H and O–H groups in total. The molecule has 1 aromatic heterocycles. The van der Waals surface area contributed by atoms with Crippen molar-refractivity contribution in [2.45, 2.75) is 17.2 Å². The van der Waals surface area contributed by atoms with Crippen molar-refractivity contribution >= 4 is 29.2 Å². The third-order valence-electron chi connectivity index (χ3n) is 3.16. The fourth-order valence-electron chi connectivity index (χ4n) is 1.87. The Labute approximate surface area is 146 Å². The Morgan fingerprint density at radius 1 is 1.28 bits per heavy atom. The number of hydrogen-bond acceptors (Lipinski definition) is 5. The van der Waals surface area contributed by atoms with Gasteiger partial charge in [0, 0.05) is 6.07 Å². The van der Waals surface area contributed by atoms with Gasteiger partial charge in [0.2, 0.25) is 5.91 Å². The van der Waals surface area contributed by atoms with Crippen LogP contribution in [0.3, 0.4) is 0 Å². The Kier molecular flexibility index (Phi) is 5.52. The molecule has 0 bridgehead atoms. The summed E-state index contributed by atoms with van der Waals surface area (Å²) in [6, 6.07) is 7.78. The average molecular weight is 360 g/mol. The number of thioether (sulfide) groups is 1. The first-order valence-electron chi connectivity index (χ1n) is 6.94. The predicted octanol–water partition coefficient (Wildman–Crippen LogP) is 2.22. The molecule has 9 heteroatoms. The molecule has 0 aliphatic heterocycles. The standard InChI is InChI=1S/C16H11F2N5OS/c1-8(15(24)22-13-5-11(17)2-3-12(13)18)25-16-10(7-20)4-9(6-19)14(21)23-16/h2-5,8H,1H3,(H2,21,23)(H,22,24)/p+1/t8-/m1/s1.